The van der Waals surface area contributed by atoms with Gasteiger partial charge in [0.05, 0.1) is 13.2 Å². The number of morpholine rings is 1. The number of rotatable bonds is 3. The predicted octanol–water partition coefficient (Wildman–Crippen LogP) is 2.14. The number of hydrogen-bond donors (Lipinski definition) is 1. The van der Waals surface area contributed by atoms with Gasteiger partial charge in [-0.3, -0.25) is 9.59 Å². The molecule has 134 valence electrons. The molecular formula is C19H18N2O5. The number of hydrogen-bond acceptors (Lipinski definition) is 5. The molecule has 1 fully saturated rings. The molecule has 7 nitrogen and oxygen atoms in total. The largest absolute Gasteiger partial charge is 0.454 e. The molecule has 1 saturated heterocycles. The molecule has 0 saturated carbocycles. The molecule has 2 aromatic rings. The van der Waals surface area contributed by atoms with Crippen LogP contribution in [0.25, 0.3) is 0 Å². The third-order valence-corrected chi connectivity index (χ3v) is 4.32. The fourth-order valence-electron chi connectivity index (χ4n) is 2.89. The van der Waals surface area contributed by atoms with Gasteiger partial charge >= 0.3 is 0 Å². The second-order valence-electron chi connectivity index (χ2n) is 6.00. The van der Waals surface area contributed by atoms with E-state index >= 15 is 0 Å². The number of nitrogens with one attached hydrogen (secondary N) is 1. The predicted molar refractivity (Wildman–Crippen MR) is 93.7 cm³/mol. The van der Waals surface area contributed by atoms with Crippen LogP contribution in [0.2, 0.25) is 0 Å². The Labute approximate surface area is 150 Å². The average molecular weight is 354 g/mol. The van der Waals surface area contributed by atoms with Crippen molar-refractivity contribution in [2.45, 2.75) is 0 Å². The summed E-state index contributed by atoms with van der Waals surface area (Å²) in [4.78, 5) is 26.6. The van der Waals surface area contributed by atoms with Crippen molar-refractivity contribution in [1.29, 1.82) is 0 Å². The van der Waals surface area contributed by atoms with Crippen LogP contribution in [-0.4, -0.2) is 49.8 Å². The summed E-state index contributed by atoms with van der Waals surface area (Å²) >= 11 is 0. The molecule has 2 amide bonds. The Balaban J connectivity index is 1.42. The van der Waals surface area contributed by atoms with Crippen LogP contribution in [0, 0.1) is 0 Å². The van der Waals surface area contributed by atoms with Crippen molar-refractivity contribution in [1.82, 2.24) is 4.90 Å². The van der Waals surface area contributed by atoms with E-state index in [1.165, 1.54) is 0 Å². The molecule has 2 aromatic carbocycles. The molecule has 2 aliphatic heterocycles. The highest BCUT2D eigenvalue weighted by molar-refractivity contribution is 6.05. The van der Waals surface area contributed by atoms with Crippen LogP contribution in [0.15, 0.2) is 42.5 Å². The Bertz CT molecular complexity index is 828. The van der Waals surface area contributed by atoms with E-state index in [-0.39, 0.29) is 18.6 Å². The van der Waals surface area contributed by atoms with E-state index in [0.29, 0.717) is 54.6 Å². The van der Waals surface area contributed by atoms with Gasteiger partial charge in [-0.2, -0.15) is 0 Å². The first-order chi connectivity index (χ1) is 12.7. The van der Waals surface area contributed by atoms with Gasteiger partial charge in [-0.15, -0.1) is 0 Å². The molecule has 0 atom stereocenters. The van der Waals surface area contributed by atoms with Gasteiger partial charge in [0.25, 0.3) is 11.8 Å². The first-order valence-corrected chi connectivity index (χ1v) is 8.39. The zero-order chi connectivity index (χ0) is 17.9. The molecule has 0 aliphatic carbocycles. The van der Waals surface area contributed by atoms with Crippen LogP contribution in [0.3, 0.4) is 0 Å². The summed E-state index contributed by atoms with van der Waals surface area (Å²) in [6.45, 7) is 2.49. The zero-order valence-corrected chi connectivity index (χ0v) is 14.1. The lowest BCUT2D eigenvalue weighted by molar-refractivity contribution is 0.0303. The van der Waals surface area contributed by atoms with Crippen molar-refractivity contribution < 1.29 is 23.8 Å². The normalized spacial score (nSPS) is 15.6. The number of carbonyl (C=O) groups is 2. The van der Waals surface area contributed by atoms with E-state index in [2.05, 4.69) is 5.32 Å². The van der Waals surface area contributed by atoms with E-state index in [1.807, 2.05) is 0 Å². The maximum atomic E-state index is 12.4. The number of benzene rings is 2. The lowest BCUT2D eigenvalue weighted by atomic mass is 10.1. The summed E-state index contributed by atoms with van der Waals surface area (Å²) in [5, 5.41) is 2.81. The van der Waals surface area contributed by atoms with Crippen LogP contribution in [0.5, 0.6) is 11.5 Å². The highest BCUT2D eigenvalue weighted by Gasteiger charge is 2.19. The summed E-state index contributed by atoms with van der Waals surface area (Å²) in [7, 11) is 0. The van der Waals surface area contributed by atoms with Crippen molar-refractivity contribution in [2.75, 3.05) is 38.4 Å². The molecule has 0 unspecified atom stereocenters. The van der Waals surface area contributed by atoms with Crippen LogP contribution >= 0.6 is 0 Å². The minimum Gasteiger partial charge on any atom is -0.454 e. The smallest absolute Gasteiger partial charge is 0.255 e. The molecule has 2 aliphatic rings. The molecule has 0 spiro atoms. The Morgan fingerprint density at radius 3 is 2.35 bits per heavy atom. The summed E-state index contributed by atoms with van der Waals surface area (Å²) in [6.07, 6.45) is 0. The number of nitrogens with zero attached hydrogens (tertiary/aromatic N) is 1. The van der Waals surface area contributed by atoms with E-state index in [1.54, 1.807) is 47.4 Å². The quantitative estimate of drug-likeness (QED) is 0.914. The molecule has 26 heavy (non-hydrogen) atoms. The standard InChI is InChI=1S/C19H18N2O5/c22-18(14-3-6-16-17(11-14)26-12-25-16)20-15-4-1-13(2-5-15)19(23)21-7-9-24-10-8-21/h1-6,11H,7-10,12H2,(H,20,22). The van der Waals surface area contributed by atoms with Gasteiger partial charge in [-0.05, 0) is 42.5 Å². The summed E-state index contributed by atoms with van der Waals surface area (Å²) in [5.74, 6) is 0.911. The van der Waals surface area contributed by atoms with Crippen molar-refractivity contribution in [3.63, 3.8) is 0 Å². The van der Waals surface area contributed by atoms with Gasteiger partial charge in [0.2, 0.25) is 6.79 Å². The molecule has 4 rings (SSSR count). The second kappa shape index (κ2) is 7.05. The molecular weight excluding hydrogens is 336 g/mol. The first-order valence-electron chi connectivity index (χ1n) is 8.39. The monoisotopic (exact) mass is 354 g/mol. The maximum absolute atomic E-state index is 12.4. The Kier molecular flexibility index (Phi) is 4.45. The molecule has 2 heterocycles. The van der Waals surface area contributed by atoms with Crippen molar-refractivity contribution in [3.05, 3.63) is 53.6 Å². The molecule has 0 aromatic heterocycles. The molecule has 1 N–H and O–H groups in total. The van der Waals surface area contributed by atoms with Gasteiger partial charge in [0, 0.05) is 29.9 Å². The fraction of sp³-hybridized carbons (Fsp3) is 0.263. The highest BCUT2D eigenvalue weighted by Crippen LogP contribution is 2.32. The molecule has 0 bridgehead atoms. The van der Waals surface area contributed by atoms with Gasteiger partial charge in [0.15, 0.2) is 11.5 Å². The third-order valence-electron chi connectivity index (χ3n) is 4.32. The van der Waals surface area contributed by atoms with Crippen LogP contribution in [0.1, 0.15) is 20.7 Å². The molecule has 0 radical (unpaired) electrons. The average Bonchev–Trinajstić information content (AvgIpc) is 3.16. The summed E-state index contributed by atoms with van der Waals surface area (Å²) in [5.41, 5.74) is 1.68. The fourth-order valence-corrected chi connectivity index (χ4v) is 2.89. The zero-order valence-electron chi connectivity index (χ0n) is 14.1. The van der Waals surface area contributed by atoms with Crippen LogP contribution in [-0.2, 0) is 4.74 Å². The number of amides is 2. The first kappa shape index (κ1) is 16.4. The summed E-state index contributed by atoms with van der Waals surface area (Å²) in [6, 6.07) is 11.9. The van der Waals surface area contributed by atoms with Crippen molar-refractivity contribution >= 4 is 17.5 Å². The van der Waals surface area contributed by atoms with E-state index in [9.17, 15) is 9.59 Å². The van der Waals surface area contributed by atoms with E-state index < -0.39 is 0 Å². The van der Waals surface area contributed by atoms with Crippen molar-refractivity contribution in [3.8, 4) is 11.5 Å². The topological polar surface area (TPSA) is 77.1 Å². The minimum atomic E-state index is -0.254. The number of carbonyl (C=O) groups excluding carboxylic acids is 2. The Hall–Kier alpha value is -3.06. The van der Waals surface area contributed by atoms with Gasteiger partial charge < -0.3 is 24.4 Å². The minimum absolute atomic E-state index is 0.0260. The molecule has 7 heteroatoms. The number of ether oxygens (including phenoxy) is 3. The van der Waals surface area contributed by atoms with Crippen LogP contribution < -0.4 is 14.8 Å². The van der Waals surface area contributed by atoms with Crippen LogP contribution in [0.4, 0.5) is 5.69 Å². The Morgan fingerprint density at radius 2 is 1.58 bits per heavy atom. The van der Waals surface area contributed by atoms with E-state index in [0.717, 1.165) is 0 Å². The lowest BCUT2D eigenvalue weighted by Gasteiger charge is -2.26. The van der Waals surface area contributed by atoms with Crippen molar-refractivity contribution in [2.24, 2.45) is 0 Å². The maximum Gasteiger partial charge on any atom is 0.255 e. The van der Waals surface area contributed by atoms with Gasteiger partial charge in [0.1, 0.15) is 0 Å². The second-order valence-corrected chi connectivity index (χ2v) is 6.00. The highest BCUT2D eigenvalue weighted by atomic mass is 16.7. The van der Waals surface area contributed by atoms with E-state index in [4.69, 9.17) is 14.2 Å². The van der Waals surface area contributed by atoms with Gasteiger partial charge in [-0.1, -0.05) is 0 Å². The Morgan fingerprint density at radius 1 is 0.885 bits per heavy atom. The third kappa shape index (κ3) is 3.34. The number of anilines is 1. The summed E-state index contributed by atoms with van der Waals surface area (Å²) < 4.78 is 15.8. The lowest BCUT2D eigenvalue weighted by Crippen LogP contribution is -2.40. The number of fused-ring (bicyclic) bond motifs is 1. The SMILES string of the molecule is O=C(Nc1ccc(C(=O)N2CCOCC2)cc1)c1ccc2c(c1)OCO2. The van der Waals surface area contributed by atoms with Gasteiger partial charge in [-0.25, -0.2) is 0 Å².